The van der Waals surface area contributed by atoms with Crippen LogP contribution in [0.4, 0.5) is 0 Å². The van der Waals surface area contributed by atoms with Gasteiger partial charge in [0.05, 0.1) is 33.4 Å². The van der Waals surface area contributed by atoms with Gasteiger partial charge in [0.25, 0.3) is 6.33 Å². The molecule has 7 heteroatoms. The maximum Gasteiger partial charge on any atom is 0.269 e. The van der Waals surface area contributed by atoms with E-state index in [1.807, 2.05) is 6.20 Å². The fourth-order valence-electron chi connectivity index (χ4n) is 15.5. The van der Waals surface area contributed by atoms with Gasteiger partial charge >= 0.3 is 0 Å². The first kappa shape index (κ1) is 57.4. The van der Waals surface area contributed by atoms with Crippen molar-refractivity contribution in [2.24, 2.45) is 0 Å². The van der Waals surface area contributed by atoms with Crippen molar-refractivity contribution in [3.63, 3.8) is 0 Å². The van der Waals surface area contributed by atoms with Crippen molar-refractivity contribution >= 4 is 90.5 Å². The molecule has 16 aromatic rings. The van der Waals surface area contributed by atoms with Crippen LogP contribution < -0.4 is 50.8 Å². The third kappa shape index (κ3) is 9.32. The quantitative estimate of drug-likeness (QED) is 0.0529. The minimum atomic E-state index is -3.38. The van der Waals surface area contributed by atoms with Crippen LogP contribution in [0.25, 0.3) is 83.4 Å². The predicted molar refractivity (Wildman–Crippen MR) is 398 cm³/mol. The number of para-hydroxylation sites is 3. The van der Waals surface area contributed by atoms with E-state index >= 15 is 0 Å². The van der Waals surface area contributed by atoms with Gasteiger partial charge in [0.2, 0.25) is 0 Å². The molecule has 95 heavy (non-hydrogen) atoms. The number of imidazole rings is 1. The van der Waals surface area contributed by atoms with E-state index in [9.17, 15) is 0 Å². The molecular weight excluding hydrogens is 1190 g/mol. The van der Waals surface area contributed by atoms with E-state index in [-0.39, 0.29) is 5.41 Å². The number of nitrogens with zero attached hydrogens (tertiary/aromatic N) is 4. The second-order valence-corrected chi connectivity index (χ2v) is 33.4. The average Bonchev–Trinajstić information content (AvgIpc) is 1.69. The second-order valence-electron chi connectivity index (χ2n) is 25.9. The topological polar surface area (TPSA) is 35.9 Å². The molecule has 0 saturated heterocycles. The molecule has 0 bridgehead atoms. The van der Waals surface area contributed by atoms with E-state index in [4.69, 9.17) is 9.72 Å². The number of ether oxygens (including phenoxy) is 1. The van der Waals surface area contributed by atoms with Crippen molar-refractivity contribution in [2.75, 3.05) is 0 Å². The summed E-state index contributed by atoms with van der Waals surface area (Å²) in [6.07, 6.45) is 6.19. The molecule has 0 fully saturated rings. The third-order valence-electron chi connectivity index (χ3n) is 19.6. The van der Waals surface area contributed by atoms with Crippen molar-refractivity contribution in [1.82, 2.24) is 14.1 Å². The Bertz CT molecular complexity index is 5360. The molecule has 5 nitrogen and oxygen atoms in total. The highest BCUT2D eigenvalue weighted by atomic mass is 28.3. The lowest BCUT2D eigenvalue weighted by Crippen LogP contribution is -2.76. The van der Waals surface area contributed by atoms with Crippen molar-refractivity contribution in [3.05, 3.63) is 358 Å². The lowest BCUT2D eigenvalue weighted by atomic mass is 9.88. The van der Waals surface area contributed by atoms with E-state index in [0.29, 0.717) is 5.75 Å². The summed E-state index contributed by atoms with van der Waals surface area (Å²) in [5, 5.41) is 12.6. The van der Waals surface area contributed by atoms with Crippen molar-refractivity contribution in [1.29, 1.82) is 0 Å². The molecule has 0 radical (unpaired) electrons. The standard InChI is InChI=1S/C88H66N4OSi2/c1-88(2,3)62-56-57-89-84(58-62)92-79-50-25-24-46-74(79)75-55-54-65(60-81(75)92)93-64-31-26-30-63(59-64)90-61-91-86-77(48-27-51-80(86)90)73-45-23-22-44-72(73)76-47-28-52-82(94(66-32-10-4-11-33-66,67-34-12-5-13-35-67)68-36-14-6-15-37-68)85(76)78-49-29-53-83(87(78)91)95(69-38-16-7-17-39-69,70-40-18-8-19-41-70)71-42-20-9-21-43-71/h4-60H,1-3H3. The Morgan fingerprint density at radius 2 is 0.821 bits per heavy atom. The molecule has 13 aromatic carbocycles. The number of fused-ring (bicyclic) bond motifs is 10. The van der Waals surface area contributed by atoms with Gasteiger partial charge in [0.1, 0.15) is 17.3 Å². The number of aromatic nitrogens is 4. The Balaban J connectivity index is 0.967. The van der Waals surface area contributed by atoms with Gasteiger partial charge in [-0.1, -0.05) is 306 Å². The van der Waals surface area contributed by atoms with Crippen LogP contribution in [-0.4, -0.2) is 30.3 Å². The number of rotatable bonds is 12. The van der Waals surface area contributed by atoms with E-state index in [1.165, 1.54) is 58.2 Å². The molecule has 3 aromatic heterocycles. The summed E-state index contributed by atoms with van der Waals surface area (Å²) >= 11 is 0. The van der Waals surface area contributed by atoms with Gasteiger partial charge in [-0.15, -0.1) is 0 Å². The normalized spacial score (nSPS) is 12.2. The highest BCUT2D eigenvalue weighted by molar-refractivity contribution is 7.21. The maximum absolute atomic E-state index is 7.10. The first-order valence-electron chi connectivity index (χ1n) is 32.8. The molecular formula is C88H66N4OSi2. The molecule has 4 heterocycles. The van der Waals surface area contributed by atoms with Crippen molar-refractivity contribution in [3.8, 4) is 62.1 Å². The summed E-state index contributed by atoms with van der Waals surface area (Å²) in [6, 6.07) is 126. The van der Waals surface area contributed by atoms with Crippen molar-refractivity contribution in [2.45, 2.75) is 26.2 Å². The van der Waals surface area contributed by atoms with E-state index < -0.39 is 16.1 Å². The van der Waals surface area contributed by atoms with E-state index in [0.717, 1.165) is 78.0 Å². The molecule has 0 aliphatic carbocycles. The molecule has 0 N–H and O–H groups in total. The third-order valence-corrected chi connectivity index (χ3v) is 29.3. The molecule has 1 aliphatic rings. The largest absolute Gasteiger partial charge is 0.458 e. The monoisotopic (exact) mass is 1250 g/mol. The Hall–Kier alpha value is -11.5. The van der Waals surface area contributed by atoms with Crippen LogP contribution in [-0.2, 0) is 5.41 Å². The van der Waals surface area contributed by atoms with Crippen LogP contribution in [0.15, 0.2) is 346 Å². The van der Waals surface area contributed by atoms with Gasteiger partial charge in [0.15, 0.2) is 16.1 Å². The minimum Gasteiger partial charge on any atom is -0.458 e. The zero-order chi connectivity index (χ0) is 63.7. The van der Waals surface area contributed by atoms with Gasteiger partial charge in [-0.25, -0.2) is 4.98 Å². The van der Waals surface area contributed by atoms with Crippen LogP contribution in [0.1, 0.15) is 26.3 Å². The highest BCUT2D eigenvalue weighted by Crippen LogP contribution is 2.44. The van der Waals surface area contributed by atoms with Crippen LogP contribution in [0.3, 0.4) is 0 Å². The average molecular weight is 1250 g/mol. The van der Waals surface area contributed by atoms with E-state index in [1.54, 1.807) is 0 Å². The van der Waals surface area contributed by atoms with Gasteiger partial charge in [-0.2, -0.15) is 0 Å². The Labute approximate surface area is 556 Å². The number of benzene rings is 13. The molecule has 0 atom stereocenters. The van der Waals surface area contributed by atoms with Gasteiger partial charge < -0.3 is 4.74 Å². The summed E-state index contributed by atoms with van der Waals surface area (Å²) in [5.74, 6) is 2.30. The predicted octanol–water partition coefficient (Wildman–Crippen LogP) is 15.4. The SMILES string of the molecule is CC(C)(C)c1ccnc(-n2c3ccccc3c3ccc(Oc4cccc(-n5[c-][n+]6c7c(cccc75)-c5ccccc5-c5cccc([Si](c7ccccc7)(c7ccccc7)c7ccccc7)c5-c5cccc([Si](c7ccccc7)(c7ccccc7)c7ccccc7)c5-6)c4)cc32)c1. The molecule has 0 unspecified atom stereocenters. The molecule has 0 spiro atoms. The fraction of sp³-hybridized carbons (Fsp3) is 0.0455. The highest BCUT2D eigenvalue weighted by Gasteiger charge is 2.47. The van der Waals surface area contributed by atoms with Crippen molar-refractivity contribution < 1.29 is 9.30 Å². The number of pyridine rings is 1. The van der Waals surface area contributed by atoms with Crippen LogP contribution in [0, 0.1) is 6.33 Å². The lowest BCUT2D eigenvalue weighted by Gasteiger charge is -2.38. The fourth-order valence-corrected chi connectivity index (χ4v) is 25.5. The molecule has 0 saturated carbocycles. The number of hydrogen-bond donors (Lipinski definition) is 0. The summed E-state index contributed by atoms with van der Waals surface area (Å²) in [4.78, 5) is 4.99. The Morgan fingerprint density at radius 1 is 0.368 bits per heavy atom. The smallest absolute Gasteiger partial charge is 0.269 e. The van der Waals surface area contributed by atoms with Crippen LogP contribution in [0.2, 0.25) is 0 Å². The molecule has 17 rings (SSSR count). The summed E-state index contributed by atoms with van der Waals surface area (Å²) in [6.45, 7) is 6.75. The van der Waals surface area contributed by atoms with Gasteiger partial charge in [-0.3, -0.25) is 13.7 Å². The van der Waals surface area contributed by atoms with Crippen LogP contribution >= 0.6 is 0 Å². The number of hydrogen-bond acceptors (Lipinski definition) is 2. The zero-order valence-electron chi connectivity index (χ0n) is 53.1. The second kappa shape index (κ2) is 23.3. The lowest BCUT2D eigenvalue weighted by molar-refractivity contribution is -0.570. The van der Waals surface area contributed by atoms with Gasteiger partial charge in [-0.05, 0) is 134 Å². The molecule has 0 amide bonds. The summed E-state index contributed by atoms with van der Waals surface area (Å²) in [7, 11) is -6.68. The first-order valence-corrected chi connectivity index (χ1v) is 36.8. The maximum atomic E-state index is 7.10. The summed E-state index contributed by atoms with van der Waals surface area (Å²) in [5.41, 5.74) is 14.2. The zero-order valence-corrected chi connectivity index (χ0v) is 55.1. The Morgan fingerprint density at radius 3 is 1.41 bits per heavy atom. The van der Waals surface area contributed by atoms with E-state index in [2.05, 4.69) is 381 Å². The molecule has 1 aliphatic heterocycles. The molecule has 452 valence electrons. The summed E-state index contributed by atoms with van der Waals surface area (Å²) < 4.78 is 14.1. The van der Waals surface area contributed by atoms with Gasteiger partial charge in [0, 0.05) is 23.0 Å². The van der Waals surface area contributed by atoms with Crippen LogP contribution in [0.5, 0.6) is 11.5 Å². The Kier molecular flexibility index (Phi) is 14.1. The first-order chi connectivity index (χ1) is 46.8. The minimum absolute atomic E-state index is 0.0550.